The second-order valence-electron chi connectivity index (χ2n) is 4.40. The topological polar surface area (TPSA) is 29.5 Å². The maximum absolute atomic E-state index is 9.81. The quantitative estimate of drug-likeness (QED) is 0.797. The van der Waals surface area contributed by atoms with Crippen molar-refractivity contribution < 1.29 is 9.84 Å². The minimum absolute atomic E-state index is 0.409. The molecule has 0 amide bonds. The summed E-state index contributed by atoms with van der Waals surface area (Å²) in [6.45, 7) is 3.56. The van der Waals surface area contributed by atoms with Crippen LogP contribution in [0.2, 0.25) is 0 Å². The Morgan fingerprint density at radius 1 is 1.36 bits per heavy atom. The Hall–Kier alpha value is -1.02. The van der Waals surface area contributed by atoms with Crippen molar-refractivity contribution in [3.05, 3.63) is 29.8 Å². The molecule has 76 valence electrons. The Balaban J connectivity index is 2.17. The lowest BCUT2D eigenvalue weighted by Gasteiger charge is -2.18. The number of benzene rings is 1. The van der Waals surface area contributed by atoms with E-state index in [1.807, 2.05) is 24.3 Å². The van der Waals surface area contributed by atoms with Gasteiger partial charge < -0.3 is 9.84 Å². The molecule has 0 saturated heterocycles. The Morgan fingerprint density at radius 3 is 2.64 bits per heavy atom. The van der Waals surface area contributed by atoms with Crippen molar-refractivity contribution >= 4 is 0 Å². The van der Waals surface area contributed by atoms with Crippen molar-refractivity contribution in [1.82, 2.24) is 0 Å². The lowest BCUT2D eigenvalue weighted by atomic mass is 9.98. The van der Waals surface area contributed by atoms with Gasteiger partial charge in [-0.05, 0) is 44.4 Å². The third kappa shape index (κ3) is 2.26. The monoisotopic (exact) mass is 192 g/mol. The molecule has 1 aliphatic carbocycles. The van der Waals surface area contributed by atoms with E-state index in [9.17, 15) is 5.11 Å². The van der Waals surface area contributed by atoms with Gasteiger partial charge in [0.25, 0.3) is 0 Å². The molecule has 0 bridgehead atoms. The third-order valence-electron chi connectivity index (χ3n) is 2.37. The first-order valence-corrected chi connectivity index (χ1v) is 5.05. The Morgan fingerprint density at radius 2 is 2.07 bits per heavy atom. The van der Waals surface area contributed by atoms with Crippen LogP contribution < -0.4 is 4.74 Å². The highest BCUT2D eigenvalue weighted by molar-refractivity contribution is 5.31. The summed E-state index contributed by atoms with van der Waals surface area (Å²) in [7, 11) is 0. The number of hydrogen-bond donors (Lipinski definition) is 1. The van der Waals surface area contributed by atoms with E-state index in [4.69, 9.17) is 4.74 Å². The fraction of sp³-hybridized carbons (Fsp3) is 0.500. The normalized spacial score (nSPS) is 16.8. The van der Waals surface area contributed by atoms with Crippen LogP contribution in [0.3, 0.4) is 0 Å². The van der Waals surface area contributed by atoms with Crippen molar-refractivity contribution in [2.75, 3.05) is 0 Å². The predicted molar refractivity (Wildman–Crippen MR) is 55.3 cm³/mol. The molecular formula is C12H16O2. The zero-order chi connectivity index (χ0) is 10.2. The zero-order valence-corrected chi connectivity index (χ0v) is 8.66. The molecule has 0 aliphatic heterocycles. The second kappa shape index (κ2) is 3.28. The number of ether oxygens (including phenoxy) is 1. The van der Waals surface area contributed by atoms with Gasteiger partial charge in [0.1, 0.15) is 5.75 Å². The van der Waals surface area contributed by atoms with Crippen LogP contribution in [0.1, 0.15) is 32.3 Å². The average Bonchev–Trinajstić information content (AvgIpc) is 2.87. The zero-order valence-electron chi connectivity index (χ0n) is 8.66. The van der Waals surface area contributed by atoms with E-state index in [1.165, 1.54) is 0 Å². The van der Waals surface area contributed by atoms with Crippen LogP contribution in [0.15, 0.2) is 24.3 Å². The van der Waals surface area contributed by atoms with Gasteiger partial charge in [-0.3, -0.25) is 0 Å². The van der Waals surface area contributed by atoms with Gasteiger partial charge in [0.15, 0.2) is 0 Å². The van der Waals surface area contributed by atoms with Gasteiger partial charge in [-0.1, -0.05) is 12.1 Å². The molecule has 1 N–H and O–H groups in total. The fourth-order valence-electron chi connectivity index (χ4n) is 1.33. The number of hydrogen-bond acceptors (Lipinski definition) is 2. The van der Waals surface area contributed by atoms with Crippen LogP contribution in [0.5, 0.6) is 5.75 Å². The molecule has 1 fully saturated rings. The minimum Gasteiger partial charge on any atom is -0.490 e. The predicted octanol–water partition coefficient (Wildman–Crippen LogP) is 2.46. The first-order chi connectivity index (χ1) is 6.55. The van der Waals surface area contributed by atoms with Crippen LogP contribution in [-0.2, 0) is 5.60 Å². The Bertz CT molecular complexity index is 321. The first-order valence-electron chi connectivity index (χ1n) is 5.05. The van der Waals surface area contributed by atoms with Crippen LogP contribution in [-0.4, -0.2) is 11.2 Å². The SMILES string of the molecule is CC(C)(O)c1cccc(OC2CC2)c1. The summed E-state index contributed by atoms with van der Waals surface area (Å²) in [5.41, 5.74) is 0.110. The molecule has 2 rings (SSSR count). The lowest BCUT2D eigenvalue weighted by molar-refractivity contribution is 0.0782. The van der Waals surface area contributed by atoms with Crippen LogP contribution in [0.4, 0.5) is 0 Å². The maximum Gasteiger partial charge on any atom is 0.120 e. The molecule has 0 radical (unpaired) electrons. The molecule has 2 nitrogen and oxygen atoms in total. The van der Waals surface area contributed by atoms with Crippen molar-refractivity contribution in [2.24, 2.45) is 0 Å². The minimum atomic E-state index is -0.789. The van der Waals surface area contributed by atoms with Gasteiger partial charge in [-0.15, -0.1) is 0 Å². The molecule has 14 heavy (non-hydrogen) atoms. The summed E-state index contributed by atoms with van der Waals surface area (Å²) >= 11 is 0. The van der Waals surface area contributed by atoms with Gasteiger partial charge in [-0.25, -0.2) is 0 Å². The van der Waals surface area contributed by atoms with Crippen LogP contribution in [0, 0.1) is 0 Å². The van der Waals surface area contributed by atoms with Gasteiger partial charge in [0.05, 0.1) is 11.7 Å². The average molecular weight is 192 g/mol. The molecule has 1 saturated carbocycles. The molecular weight excluding hydrogens is 176 g/mol. The molecule has 0 heterocycles. The molecule has 0 unspecified atom stereocenters. The maximum atomic E-state index is 9.81. The van der Waals surface area contributed by atoms with E-state index in [0.29, 0.717) is 6.10 Å². The summed E-state index contributed by atoms with van der Waals surface area (Å²) in [6.07, 6.45) is 2.73. The molecule has 1 aliphatic rings. The number of aliphatic hydroxyl groups is 1. The molecule has 0 atom stereocenters. The van der Waals surface area contributed by atoms with Crippen LogP contribution >= 0.6 is 0 Å². The highest BCUT2D eigenvalue weighted by atomic mass is 16.5. The lowest BCUT2D eigenvalue weighted by Crippen LogP contribution is -2.15. The smallest absolute Gasteiger partial charge is 0.120 e. The molecule has 1 aromatic rings. The molecule has 0 aromatic heterocycles. The van der Waals surface area contributed by atoms with Crippen LogP contribution in [0.25, 0.3) is 0 Å². The summed E-state index contributed by atoms with van der Waals surface area (Å²) in [5, 5.41) is 9.81. The van der Waals surface area contributed by atoms with E-state index in [2.05, 4.69) is 0 Å². The highest BCUT2D eigenvalue weighted by Gasteiger charge is 2.24. The van der Waals surface area contributed by atoms with Crippen molar-refractivity contribution in [2.45, 2.75) is 38.4 Å². The molecule has 2 heteroatoms. The third-order valence-corrected chi connectivity index (χ3v) is 2.37. The standard InChI is InChI=1S/C12H16O2/c1-12(2,13)9-4-3-5-11(8-9)14-10-6-7-10/h3-5,8,10,13H,6-7H2,1-2H3. The fourth-order valence-corrected chi connectivity index (χ4v) is 1.33. The van der Waals surface area contributed by atoms with E-state index in [-0.39, 0.29) is 0 Å². The second-order valence-corrected chi connectivity index (χ2v) is 4.40. The largest absolute Gasteiger partial charge is 0.490 e. The molecule has 1 aromatic carbocycles. The van der Waals surface area contributed by atoms with Crippen molar-refractivity contribution in [3.63, 3.8) is 0 Å². The summed E-state index contributed by atoms with van der Waals surface area (Å²) in [5.74, 6) is 0.868. The van der Waals surface area contributed by atoms with Gasteiger partial charge in [-0.2, -0.15) is 0 Å². The van der Waals surface area contributed by atoms with Crippen molar-refractivity contribution in [3.8, 4) is 5.75 Å². The number of rotatable bonds is 3. The Kier molecular flexibility index (Phi) is 2.23. The highest BCUT2D eigenvalue weighted by Crippen LogP contribution is 2.29. The summed E-state index contributed by atoms with van der Waals surface area (Å²) < 4.78 is 5.65. The van der Waals surface area contributed by atoms with Gasteiger partial charge in [0, 0.05) is 0 Å². The van der Waals surface area contributed by atoms with Crippen molar-refractivity contribution in [1.29, 1.82) is 0 Å². The van der Waals surface area contributed by atoms with Gasteiger partial charge >= 0.3 is 0 Å². The first kappa shape index (κ1) is 9.53. The summed E-state index contributed by atoms with van der Waals surface area (Å²) in [6, 6.07) is 7.69. The van der Waals surface area contributed by atoms with E-state index < -0.39 is 5.60 Å². The van der Waals surface area contributed by atoms with E-state index in [0.717, 1.165) is 24.2 Å². The Labute approximate surface area is 84.5 Å². The van der Waals surface area contributed by atoms with E-state index in [1.54, 1.807) is 13.8 Å². The molecule has 0 spiro atoms. The van der Waals surface area contributed by atoms with E-state index >= 15 is 0 Å². The van der Waals surface area contributed by atoms with Gasteiger partial charge in [0.2, 0.25) is 0 Å². The summed E-state index contributed by atoms with van der Waals surface area (Å²) in [4.78, 5) is 0.